The maximum atomic E-state index is 8.28. The maximum absolute atomic E-state index is 8.28. The van der Waals surface area contributed by atoms with Crippen molar-refractivity contribution in [2.75, 3.05) is 125 Å². The summed E-state index contributed by atoms with van der Waals surface area (Å²) >= 11 is 0. The predicted molar refractivity (Wildman–Crippen MR) is 167 cm³/mol. The minimum Gasteiger partial charge on any atom is -0.380 e. The molecule has 0 spiro atoms. The molecule has 12 heteroatoms. The first kappa shape index (κ1) is 40.6. The van der Waals surface area contributed by atoms with Crippen LogP contribution in [0.1, 0.15) is 0 Å². The van der Waals surface area contributed by atoms with E-state index >= 15 is 0 Å². The molecule has 0 heterocycles. The van der Waals surface area contributed by atoms with Crippen LogP contribution in [-0.2, 0) is 42.6 Å². The molecule has 0 aromatic carbocycles. The van der Waals surface area contributed by atoms with Crippen LogP contribution in [0.15, 0.2) is 68.4 Å². The van der Waals surface area contributed by atoms with E-state index in [9.17, 15) is 0 Å². The molecule has 0 aromatic heterocycles. The minimum absolute atomic E-state index is 0.271. The molecule has 0 aliphatic rings. The van der Waals surface area contributed by atoms with Gasteiger partial charge in [-0.25, -0.2) is 0 Å². The smallest absolute Gasteiger partial charge is 0.0701 e. The maximum Gasteiger partial charge on any atom is 0.0701 e. The van der Waals surface area contributed by atoms with Crippen molar-refractivity contribution in [3.63, 3.8) is 0 Å². The Balaban J connectivity index is 5.39. The zero-order valence-corrected chi connectivity index (χ0v) is 25.9. The van der Waals surface area contributed by atoms with E-state index in [0.29, 0.717) is 106 Å². The summed E-state index contributed by atoms with van der Waals surface area (Å²) in [5, 5.41) is 3.41. The van der Waals surface area contributed by atoms with Crippen LogP contribution in [0.5, 0.6) is 0 Å². The van der Waals surface area contributed by atoms with Gasteiger partial charge in [-0.15, -0.1) is 32.9 Å². The van der Waals surface area contributed by atoms with Crippen molar-refractivity contribution in [2.45, 2.75) is 0 Å². The molecular weight excluding hydrogens is 558 g/mol. The van der Waals surface area contributed by atoms with Crippen molar-refractivity contribution in [3.8, 4) is 0 Å². The lowest BCUT2D eigenvalue weighted by Gasteiger charge is -2.36. The fraction of sp³-hybridized carbons (Fsp3) is 0.677. The standard InChI is InChI=1S/C31H53N3O9/c1-6-12-37-22-30(23-38-13-7-2,24-39-14-8-3)28-43-29-31(25-40-15-9-4,26-41-16-10-5)27-42-21-20-36-19-18-35-17-11-33-34-32/h6-10H,1-5,11-29H2. The summed E-state index contributed by atoms with van der Waals surface area (Å²) in [5.41, 5.74) is 7.05. The van der Waals surface area contributed by atoms with Gasteiger partial charge in [0, 0.05) is 11.5 Å². The quantitative estimate of drug-likeness (QED) is 0.0337. The average Bonchev–Trinajstić information content (AvgIpc) is 3.00. The third kappa shape index (κ3) is 22.8. The Morgan fingerprint density at radius 2 is 0.744 bits per heavy atom. The molecule has 0 unspecified atom stereocenters. The molecule has 0 saturated heterocycles. The summed E-state index contributed by atoms with van der Waals surface area (Å²) in [5.74, 6) is 0. The first-order valence-electron chi connectivity index (χ1n) is 14.3. The molecule has 0 radical (unpaired) electrons. The number of azide groups is 1. The number of nitrogens with zero attached hydrogens (tertiary/aromatic N) is 3. The summed E-state index contributed by atoms with van der Waals surface area (Å²) in [4.78, 5) is 2.68. The Bertz CT molecular complexity index is 726. The second-order valence-corrected chi connectivity index (χ2v) is 9.74. The molecule has 246 valence electrons. The highest BCUT2D eigenvalue weighted by molar-refractivity contribution is 4.85. The molecule has 0 saturated carbocycles. The second kappa shape index (κ2) is 29.7. The zero-order chi connectivity index (χ0) is 31.7. The van der Waals surface area contributed by atoms with E-state index in [0.717, 1.165) is 0 Å². The molecule has 43 heavy (non-hydrogen) atoms. The van der Waals surface area contributed by atoms with E-state index in [1.165, 1.54) is 0 Å². The van der Waals surface area contributed by atoms with E-state index in [2.05, 4.69) is 42.9 Å². The fourth-order valence-electron chi connectivity index (χ4n) is 3.66. The van der Waals surface area contributed by atoms with Crippen LogP contribution in [0.3, 0.4) is 0 Å². The van der Waals surface area contributed by atoms with Gasteiger partial charge in [0.1, 0.15) is 0 Å². The van der Waals surface area contributed by atoms with Gasteiger partial charge in [-0.1, -0.05) is 35.5 Å². The van der Waals surface area contributed by atoms with Crippen LogP contribution in [0.4, 0.5) is 0 Å². The van der Waals surface area contributed by atoms with Gasteiger partial charge < -0.3 is 42.6 Å². The van der Waals surface area contributed by atoms with Crippen molar-refractivity contribution in [1.82, 2.24) is 0 Å². The number of hydrogen-bond donors (Lipinski definition) is 0. The van der Waals surface area contributed by atoms with Gasteiger partial charge in [0.25, 0.3) is 0 Å². The highest BCUT2D eigenvalue weighted by Gasteiger charge is 2.36. The van der Waals surface area contributed by atoms with Gasteiger partial charge >= 0.3 is 0 Å². The van der Waals surface area contributed by atoms with Crippen LogP contribution >= 0.6 is 0 Å². The van der Waals surface area contributed by atoms with Gasteiger partial charge in [0.15, 0.2) is 0 Å². The van der Waals surface area contributed by atoms with Crippen molar-refractivity contribution in [3.05, 3.63) is 73.7 Å². The predicted octanol–water partition coefficient (Wildman–Crippen LogP) is 4.35. The van der Waals surface area contributed by atoms with Crippen molar-refractivity contribution in [1.29, 1.82) is 0 Å². The normalized spacial score (nSPS) is 11.5. The van der Waals surface area contributed by atoms with Crippen LogP contribution in [0.25, 0.3) is 10.4 Å². The molecule has 0 fully saturated rings. The van der Waals surface area contributed by atoms with E-state index in [1.54, 1.807) is 30.4 Å². The molecule has 0 aliphatic carbocycles. The molecule has 0 amide bonds. The van der Waals surface area contributed by atoms with Gasteiger partial charge in [-0.05, 0) is 5.53 Å². The lowest BCUT2D eigenvalue weighted by atomic mass is 9.90. The molecule has 0 bridgehead atoms. The van der Waals surface area contributed by atoms with Crippen LogP contribution < -0.4 is 0 Å². The monoisotopic (exact) mass is 611 g/mol. The summed E-state index contributed by atoms with van der Waals surface area (Å²) in [7, 11) is 0. The Kier molecular flexibility index (Phi) is 28.1. The lowest BCUT2D eigenvalue weighted by molar-refractivity contribution is -0.138. The number of rotatable bonds is 35. The lowest BCUT2D eigenvalue weighted by Crippen LogP contribution is -2.46. The van der Waals surface area contributed by atoms with Crippen molar-refractivity contribution in [2.24, 2.45) is 15.9 Å². The summed E-state index contributed by atoms with van der Waals surface area (Å²) in [6.07, 6.45) is 8.46. The molecule has 12 nitrogen and oxygen atoms in total. The van der Waals surface area contributed by atoms with Crippen molar-refractivity contribution >= 4 is 0 Å². The van der Waals surface area contributed by atoms with E-state index in [-0.39, 0.29) is 19.8 Å². The van der Waals surface area contributed by atoms with Crippen LogP contribution in [0.2, 0.25) is 0 Å². The molecule has 0 atom stereocenters. The zero-order valence-electron chi connectivity index (χ0n) is 25.9. The summed E-state index contributed by atoms with van der Waals surface area (Å²) < 4.78 is 52.6. The van der Waals surface area contributed by atoms with Gasteiger partial charge in [-0.3, -0.25) is 0 Å². The van der Waals surface area contributed by atoms with E-state index in [1.807, 2.05) is 0 Å². The second-order valence-electron chi connectivity index (χ2n) is 9.74. The number of ether oxygens (including phenoxy) is 9. The Hall–Kier alpha value is -2.35. The molecule has 0 N–H and O–H groups in total. The highest BCUT2D eigenvalue weighted by Crippen LogP contribution is 2.25. The first-order valence-corrected chi connectivity index (χ1v) is 14.3. The average molecular weight is 612 g/mol. The van der Waals surface area contributed by atoms with Gasteiger partial charge in [-0.2, -0.15) is 0 Å². The minimum atomic E-state index is -0.631. The van der Waals surface area contributed by atoms with Crippen LogP contribution in [0, 0.1) is 10.8 Å². The molecule has 0 aliphatic heterocycles. The van der Waals surface area contributed by atoms with Crippen molar-refractivity contribution < 1.29 is 42.6 Å². The van der Waals surface area contributed by atoms with E-state index in [4.69, 9.17) is 48.2 Å². The highest BCUT2D eigenvalue weighted by atomic mass is 16.6. The largest absolute Gasteiger partial charge is 0.380 e. The van der Waals surface area contributed by atoms with Gasteiger partial charge in [0.2, 0.25) is 0 Å². The fourth-order valence-corrected chi connectivity index (χ4v) is 3.66. The Labute approximate surface area is 257 Å². The third-order valence-electron chi connectivity index (χ3n) is 5.59. The Morgan fingerprint density at radius 3 is 1.09 bits per heavy atom. The first-order chi connectivity index (χ1) is 21.1. The van der Waals surface area contributed by atoms with Gasteiger partial charge in [0.05, 0.1) is 130 Å². The molecule has 0 aromatic rings. The molecular formula is C31H53N3O9. The molecule has 0 rings (SSSR count). The van der Waals surface area contributed by atoms with E-state index < -0.39 is 10.8 Å². The Morgan fingerprint density at radius 1 is 0.442 bits per heavy atom. The summed E-state index contributed by atoms with van der Waals surface area (Å²) in [6.45, 7) is 25.3. The third-order valence-corrected chi connectivity index (χ3v) is 5.59. The van der Waals surface area contributed by atoms with Crippen LogP contribution in [-0.4, -0.2) is 125 Å². The number of hydrogen-bond acceptors (Lipinski definition) is 10. The topological polar surface area (TPSA) is 132 Å². The summed E-state index contributed by atoms with van der Waals surface area (Å²) in [6, 6.07) is 0. The SMILES string of the molecule is C=CCOCC(COCC=C)(COCC=C)COCC(COCC=C)(COCC=C)COCCOCCOCCN=[N+]=[N-].